The van der Waals surface area contributed by atoms with Gasteiger partial charge in [-0.2, -0.15) is 0 Å². The number of nitrogens with one attached hydrogen (secondary N) is 3. The Bertz CT molecular complexity index is 699. The van der Waals surface area contributed by atoms with Gasteiger partial charge >= 0.3 is 5.97 Å². The van der Waals surface area contributed by atoms with Crippen LogP contribution in [0, 0.1) is 5.92 Å². The molecule has 0 aromatic heterocycles. The molecule has 5 atom stereocenters. The van der Waals surface area contributed by atoms with E-state index in [-0.39, 0.29) is 18.8 Å². The largest absolute Gasteiger partial charge is 0.480 e. The van der Waals surface area contributed by atoms with E-state index in [0.717, 1.165) is 0 Å². The molecule has 0 radical (unpaired) electrons. The van der Waals surface area contributed by atoms with Crippen LogP contribution in [0.3, 0.4) is 0 Å². The lowest BCUT2D eigenvalue weighted by Crippen LogP contribution is -2.57. The third kappa shape index (κ3) is 10.4. The van der Waals surface area contributed by atoms with E-state index in [0.29, 0.717) is 6.42 Å². The lowest BCUT2D eigenvalue weighted by atomic mass is 9.99. The Hall–Kier alpha value is -3.22. The van der Waals surface area contributed by atoms with Crippen LogP contribution >= 0.6 is 0 Å². The van der Waals surface area contributed by atoms with Crippen molar-refractivity contribution in [2.24, 2.45) is 23.1 Å². The number of hydrogen-bond donors (Lipinski definition) is 7. The zero-order valence-electron chi connectivity index (χ0n) is 17.8. The molecule has 13 nitrogen and oxygen atoms in total. The number of carboxylic acids is 1. The fourth-order valence-electron chi connectivity index (χ4n) is 2.41. The number of nitrogens with two attached hydrogens (primary N) is 3. The van der Waals surface area contributed by atoms with Gasteiger partial charge in [0.1, 0.15) is 18.1 Å². The van der Waals surface area contributed by atoms with Gasteiger partial charge in [-0.25, -0.2) is 4.79 Å². The van der Waals surface area contributed by atoms with Gasteiger partial charge < -0.3 is 38.3 Å². The van der Waals surface area contributed by atoms with Crippen molar-refractivity contribution < 1.29 is 33.9 Å². The molecule has 0 aliphatic heterocycles. The van der Waals surface area contributed by atoms with Crippen LogP contribution in [0.5, 0.6) is 0 Å². The maximum atomic E-state index is 12.5. The zero-order valence-corrected chi connectivity index (χ0v) is 17.8. The first kappa shape index (κ1) is 27.8. The van der Waals surface area contributed by atoms with Gasteiger partial charge in [0, 0.05) is 6.42 Å². The van der Waals surface area contributed by atoms with Crippen molar-refractivity contribution >= 4 is 35.5 Å². The molecule has 5 amide bonds. The molecule has 0 bridgehead atoms. The van der Waals surface area contributed by atoms with Crippen LogP contribution in [0.25, 0.3) is 0 Å². The van der Waals surface area contributed by atoms with Crippen LogP contribution < -0.4 is 33.2 Å². The highest BCUT2D eigenvalue weighted by Gasteiger charge is 2.30. The highest BCUT2D eigenvalue weighted by molar-refractivity contribution is 5.96. The van der Waals surface area contributed by atoms with E-state index < -0.39 is 66.1 Å². The van der Waals surface area contributed by atoms with E-state index in [1.165, 1.54) is 6.92 Å². The molecule has 0 fully saturated rings. The second-order valence-electron chi connectivity index (χ2n) is 7.28. The SMILES string of the molecule is CCC(C)C(N)C(=O)NC(CC(N)=O)C(=O)NC(C)C(=O)NC(CCC(N)=O)C(=O)O. The van der Waals surface area contributed by atoms with Crippen molar-refractivity contribution in [2.45, 2.75) is 70.6 Å². The predicted molar refractivity (Wildman–Crippen MR) is 109 cm³/mol. The molecule has 0 aromatic carbocycles. The van der Waals surface area contributed by atoms with Crippen molar-refractivity contribution in [3.05, 3.63) is 0 Å². The summed E-state index contributed by atoms with van der Waals surface area (Å²) in [4.78, 5) is 70.3. The minimum Gasteiger partial charge on any atom is -0.480 e. The third-order valence-corrected chi connectivity index (χ3v) is 4.64. The summed E-state index contributed by atoms with van der Waals surface area (Å²) in [6, 6.07) is -4.91. The fourth-order valence-corrected chi connectivity index (χ4v) is 2.41. The predicted octanol–water partition coefficient (Wildman–Crippen LogP) is -2.94. The molecule has 176 valence electrons. The second-order valence-corrected chi connectivity index (χ2v) is 7.28. The number of hydrogen-bond acceptors (Lipinski definition) is 7. The molecule has 5 unspecified atom stereocenters. The number of aliphatic carboxylic acids is 1. The number of carbonyl (C=O) groups is 6. The number of rotatable bonds is 14. The Kier molecular flexibility index (Phi) is 11.8. The first-order chi connectivity index (χ1) is 14.3. The van der Waals surface area contributed by atoms with Crippen LogP contribution in [-0.4, -0.2) is 64.8 Å². The zero-order chi connectivity index (χ0) is 24.3. The van der Waals surface area contributed by atoms with Crippen LogP contribution in [0.4, 0.5) is 0 Å². The summed E-state index contributed by atoms with van der Waals surface area (Å²) in [7, 11) is 0. The smallest absolute Gasteiger partial charge is 0.326 e. The van der Waals surface area contributed by atoms with Crippen LogP contribution in [0.15, 0.2) is 0 Å². The molecular formula is C18H32N6O7. The molecule has 31 heavy (non-hydrogen) atoms. The molecule has 0 spiro atoms. The van der Waals surface area contributed by atoms with E-state index in [9.17, 15) is 28.8 Å². The van der Waals surface area contributed by atoms with Gasteiger partial charge in [0.2, 0.25) is 29.5 Å². The normalized spacial score (nSPS) is 15.5. The molecular weight excluding hydrogens is 412 g/mol. The van der Waals surface area contributed by atoms with E-state index in [2.05, 4.69) is 16.0 Å². The highest BCUT2D eigenvalue weighted by Crippen LogP contribution is 2.06. The van der Waals surface area contributed by atoms with Gasteiger partial charge in [0.15, 0.2) is 0 Å². The summed E-state index contributed by atoms with van der Waals surface area (Å²) < 4.78 is 0. The standard InChI is InChI=1S/C18H32N6O7/c1-4-8(2)14(21)17(29)24-11(7-13(20)26)16(28)22-9(3)15(27)23-10(18(30)31)5-6-12(19)25/h8-11,14H,4-7,21H2,1-3H3,(H2,19,25)(H2,20,26)(H,22,28)(H,23,27)(H,24,29)(H,30,31). The molecule has 0 heterocycles. The number of amides is 5. The molecule has 0 aliphatic carbocycles. The number of carboxylic acid groups (broad SMARTS) is 1. The molecule has 0 saturated heterocycles. The van der Waals surface area contributed by atoms with E-state index >= 15 is 0 Å². The van der Waals surface area contributed by atoms with Crippen molar-refractivity contribution in [1.82, 2.24) is 16.0 Å². The fraction of sp³-hybridized carbons (Fsp3) is 0.667. The molecule has 0 rings (SSSR count). The summed E-state index contributed by atoms with van der Waals surface area (Å²) in [5.41, 5.74) is 15.9. The van der Waals surface area contributed by atoms with Gasteiger partial charge in [0.05, 0.1) is 12.5 Å². The summed E-state index contributed by atoms with van der Waals surface area (Å²) >= 11 is 0. The first-order valence-corrected chi connectivity index (χ1v) is 9.76. The Balaban J connectivity index is 5.12. The maximum Gasteiger partial charge on any atom is 0.326 e. The minimum absolute atomic E-state index is 0.185. The van der Waals surface area contributed by atoms with Gasteiger partial charge in [-0.15, -0.1) is 0 Å². The van der Waals surface area contributed by atoms with Crippen molar-refractivity contribution in [3.8, 4) is 0 Å². The molecule has 13 heteroatoms. The van der Waals surface area contributed by atoms with Crippen molar-refractivity contribution in [2.75, 3.05) is 0 Å². The average Bonchev–Trinajstić information content (AvgIpc) is 2.67. The topological polar surface area (TPSA) is 237 Å². The summed E-state index contributed by atoms with van der Waals surface area (Å²) in [5, 5.41) is 15.9. The Morgan fingerprint density at radius 3 is 1.84 bits per heavy atom. The maximum absolute atomic E-state index is 12.5. The lowest BCUT2D eigenvalue weighted by Gasteiger charge is -2.24. The van der Waals surface area contributed by atoms with Gasteiger partial charge in [-0.05, 0) is 19.3 Å². The quantitative estimate of drug-likeness (QED) is 0.146. The summed E-state index contributed by atoms with van der Waals surface area (Å²) in [6.07, 6.45) is -0.416. The Morgan fingerprint density at radius 1 is 0.839 bits per heavy atom. The monoisotopic (exact) mass is 444 g/mol. The first-order valence-electron chi connectivity index (χ1n) is 9.76. The minimum atomic E-state index is -1.39. The van der Waals surface area contributed by atoms with E-state index in [4.69, 9.17) is 22.3 Å². The summed E-state index contributed by atoms with van der Waals surface area (Å²) in [5.74, 6) is -5.57. The van der Waals surface area contributed by atoms with Crippen molar-refractivity contribution in [1.29, 1.82) is 0 Å². The average molecular weight is 444 g/mol. The highest BCUT2D eigenvalue weighted by atomic mass is 16.4. The van der Waals surface area contributed by atoms with E-state index in [1.807, 2.05) is 6.92 Å². The van der Waals surface area contributed by atoms with Gasteiger partial charge in [0.25, 0.3) is 0 Å². The van der Waals surface area contributed by atoms with Gasteiger partial charge in [-0.1, -0.05) is 20.3 Å². The second kappa shape index (κ2) is 13.2. The molecule has 10 N–H and O–H groups in total. The summed E-state index contributed by atoms with van der Waals surface area (Å²) in [6.45, 7) is 4.85. The Labute approximate surface area is 179 Å². The Morgan fingerprint density at radius 2 is 1.39 bits per heavy atom. The molecule has 0 aliphatic rings. The van der Waals surface area contributed by atoms with E-state index in [1.54, 1.807) is 6.92 Å². The lowest BCUT2D eigenvalue weighted by molar-refractivity contribution is -0.142. The van der Waals surface area contributed by atoms with Gasteiger partial charge in [-0.3, -0.25) is 24.0 Å². The van der Waals surface area contributed by atoms with Crippen LogP contribution in [0.2, 0.25) is 0 Å². The number of primary amides is 2. The van der Waals surface area contributed by atoms with Crippen molar-refractivity contribution in [3.63, 3.8) is 0 Å². The molecule has 0 saturated carbocycles. The third-order valence-electron chi connectivity index (χ3n) is 4.64. The van der Waals surface area contributed by atoms with Crippen LogP contribution in [0.1, 0.15) is 46.5 Å². The van der Waals surface area contributed by atoms with Crippen LogP contribution in [-0.2, 0) is 28.8 Å². The number of carbonyl (C=O) groups excluding carboxylic acids is 5. The molecule has 0 aromatic rings.